The van der Waals surface area contributed by atoms with Crippen molar-refractivity contribution in [3.63, 3.8) is 0 Å². The van der Waals surface area contributed by atoms with Gasteiger partial charge in [0.15, 0.2) is 0 Å². The number of piperidine rings is 1. The number of benzene rings is 1. The van der Waals surface area contributed by atoms with Crippen molar-refractivity contribution >= 4 is 29.3 Å². The quantitative estimate of drug-likeness (QED) is 0.374. The summed E-state index contributed by atoms with van der Waals surface area (Å²) in [4.78, 5) is 24.5. The van der Waals surface area contributed by atoms with Crippen molar-refractivity contribution in [1.29, 1.82) is 0 Å². The molecule has 1 N–H and O–H groups in total. The lowest BCUT2D eigenvalue weighted by molar-refractivity contribution is 0.160. The number of likely N-dealkylation sites (tertiary alicyclic amines) is 1. The van der Waals surface area contributed by atoms with Crippen LogP contribution in [0.2, 0.25) is 5.02 Å². The number of carbonyl (C=O) groups is 1. The Bertz CT molecular complexity index is 1350. The number of nitrogens with one attached hydrogen (secondary N) is 1. The first-order valence-electron chi connectivity index (χ1n) is 14.6. The summed E-state index contributed by atoms with van der Waals surface area (Å²) >= 11 is 6.53. The molecule has 3 heterocycles. The van der Waals surface area contributed by atoms with Gasteiger partial charge in [-0.25, -0.2) is 9.78 Å². The Morgan fingerprint density at radius 3 is 2.64 bits per heavy atom. The molecule has 1 aliphatic heterocycles. The molecular formula is C32H38ClN5O. The van der Waals surface area contributed by atoms with E-state index in [1.54, 1.807) is 0 Å². The largest absolute Gasteiger partial charge is 0.335 e. The molecule has 0 bridgehead atoms. The number of urea groups is 1. The summed E-state index contributed by atoms with van der Waals surface area (Å²) in [6.45, 7) is 4.47. The van der Waals surface area contributed by atoms with Gasteiger partial charge < -0.3 is 14.8 Å². The molecule has 1 aromatic carbocycles. The summed E-state index contributed by atoms with van der Waals surface area (Å²) in [5.41, 5.74) is 6.13. The van der Waals surface area contributed by atoms with E-state index in [1.165, 1.54) is 41.5 Å². The van der Waals surface area contributed by atoms with E-state index in [-0.39, 0.29) is 11.9 Å². The average molecular weight is 544 g/mol. The van der Waals surface area contributed by atoms with Crippen LogP contribution in [0.15, 0.2) is 48.9 Å². The molecule has 0 radical (unpaired) electrons. The molecule has 1 atom stereocenters. The molecule has 2 fully saturated rings. The van der Waals surface area contributed by atoms with Gasteiger partial charge in [-0.05, 0) is 85.4 Å². The molecule has 6 rings (SSSR count). The van der Waals surface area contributed by atoms with E-state index in [9.17, 15) is 4.79 Å². The number of halogens is 1. The number of nitrogens with zero attached hydrogens (tertiary/aromatic N) is 4. The van der Waals surface area contributed by atoms with E-state index in [1.807, 2.05) is 42.5 Å². The monoisotopic (exact) mass is 543 g/mol. The minimum Gasteiger partial charge on any atom is -0.335 e. The van der Waals surface area contributed by atoms with Crippen LogP contribution < -0.4 is 5.32 Å². The summed E-state index contributed by atoms with van der Waals surface area (Å²) < 4.78 is 2.20. The van der Waals surface area contributed by atoms with E-state index in [0.29, 0.717) is 12.0 Å². The number of carbonyl (C=O) groups excluding carboxylic acids is 1. The number of hydrogen-bond donors (Lipinski definition) is 1. The van der Waals surface area contributed by atoms with Crippen LogP contribution >= 0.6 is 11.6 Å². The molecule has 2 amide bonds. The summed E-state index contributed by atoms with van der Waals surface area (Å²) in [7, 11) is 0. The van der Waals surface area contributed by atoms with E-state index < -0.39 is 0 Å². The second-order valence-corrected chi connectivity index (χ2v) is 11.8. The van der Waals surface area contributed by atoms with Gasteiger partial charge >= 0.3 is 6.03 Å². The van der Waals surface area contributed by atoms with Crippen LogP contribution in [0.1, 0.15) is 85.5 Å². The van der Waals surface area contributed by atoms with E-state index in [0.717, 1.165) is 68.3 Å². The molecule has 3 aromatic rings. The second-order valence-electron chi connectivity index (χ2n) is 11.4. The maximum Gasteiger partial charge on any atom is 0.317 e. The Labute approximate surface area is 236 Å². The Morgan fingerprint density at radius 2 is 1.87 bits per heavy atom. The first-order chi connectivity index (χ1) is 19.1. The average Bonchev–Trinajstić information content (AvgIpc) is 3.31. The number of pyridine rings is 1. The molecular weight excluding hydrogens is 506 g/mol. The van der Waals surface area contributed by atoms with Gasteiger partial charge in [-0.2, -0.15) is 0 Å². The zero-order chi connectivity index (χ0) is 26.8. The van der Waals surface area contributed by atoms with Crippen molar-refractivity contribution in [1.82, 2.24) is 24.8 Å². The molecule has 1 unspecified atom stereocenters. The topological polar surface area (TPSA) is 63.1 Å². The van der Waals surface area contributed by atoms with Gasteiger partial charge in [0, 0.05) is 55.2 Å². The van der Waals surface area contributed by atoms with Crippen LogP contribution in [-0.2, 0) is 6.54 Å². The number of rotatable bonds is 5. The molecule has 1 saturated carbocycles. The van der Waals surface area contributed by atoms with Crippen LogP contribution in [0.3, 0.4) is 0 Å². The van der Waals surface area contributed by atoms with Gasteiger partial charge in [0.05, 0.1) is 5.69 Å². The smallest absolute Gasteiger partial charge is 0.317 e. The third kappa shape index (κ3) is 5.62. The molecule has 2 aliphatic carbocycles. The van der Waals surface area contributed by atoms with Gasteiger partial charge in [-0.3, -0.25) is 4.98 Å². The predicted octanol–water partition coefficient (Wildman–Crippen LogP) is 7.07. The molecule has 3 aliphatic rings. The maximum atomic E-state index is 13.0. The lowest BCUT2D eigenvalue weighted by atomic mass is 9.76. The fraction of sp³-hybridized carbons (Fsp3) is 0.469. The predicted molar refractivity (Wildman–Crippen MR) is 157 cm³/mol. The first kappa shape index (κ1) is 26.1. The fourth-order valence-electron chi connectivity index (χ4n) is 6.82. The number of allylic oxidation sites excluding steroid dienone is 1. The highest BCUT2D eigenvalue weighted by molar-refractivity contribution is 6.30. The highest BCUT2D eigenvalue weighted by Gasteiger charge is 2.35. The third-order valence-electron chi connectivity index (χ3n) is 8.97. The van der Waals surface area contributed by atoms with Crippen molar-refractivity contribution in [2.24, 2.45) is 5.92 Å². The van der Waals surface area contributed by atoms with Gasteiger partial charge in [0.2, 0.25) is 0 Å². The van der Waals surface area contributed by atoms with Gasteiger partial charge in [0.1, 0.15) is 5.82 Å². The lowest BCUT2D eigenvalue weighted by Crippen LogP contribution is -2.48. The number of amides is 2. The van der Waals surface area contributed by atoms with Crippen LogP contribution in [0, 0.1) is 12.8 Å². The van der Waals surface area contributed by atoms with Crippen molar-refractivity contribution in [3.8, 4) is 0 Å². The van der Waals surface area contributed by atoms with Crippen molar-refractivity contribution in [3.05, 3.63) is 82.2 Å². The Hall–Kier alpha value is -3.12. The van der Waals surface area contributed by atoms with Gasteiger partial charge in [0.25, 0.3) is 0 Å². The minimum atomic E-state index is 0.116. The highest BCUT2D eigenvalue weighted by Crippen LogP contribution is 2.45. The fourth-order valence-corrected chi connectivity index (χ4v) is 7.00. The number of aromatic nitrogens is 3. The molecule has 2 aromatic heterocycles. The highest BCUT2D eigenvalue weighted by atomic mass is 35.5. The van der Waals surface area contributed by atoms with Gasteiger partial charge in [-0.1, -0.05) is 49.1 Å². The zero-order valence-electron chi connectivity index (χ0n) is 22.8. The SMILES string of the molecule is Cc1nccn1CCC1=Cc2cc(Cl)ccc2C(C2CCN(C(=O)NC3CCCCC3)CC2)c2ncccc21. The van der Waals surface area contributed by atoms with Crippen LogP contribution in [0.25, 0.3) is 11.6 Å². The van der Waals surface area contributed by atoms with Crippen molar-refractivity contribution in [2.75, 3.05) is 13.1 Å². The summed E-state index contributed by atoms with van der Waals surface area (Å²) in [6.07, 6.45) is 16.9. The zero-order valence-corrected chi connectivity index (χ0v) is 23.5. The maximum absolute atomic E-state index is 13.0. The summed E-state index contributed by atoms with van der Waals surface area (Å²) in [5, 5.41) is 4.06. The lowest BCUT2D eigenvalue weighted by Gasteiger charge is -2.37. The molecule has 7 heteroatoms. The standard InChI is InChI=1S/C32H38ClN5O/c1-22-34-15-19-37(22)16-13-24-20-25-21-26(33)9-10-28(25)30(31-29(24)8-5-14-35-31)23-11-17-38(18-12-23)32(39)36-27-6-3-2-4-7-27/h5,8-10,14-15,19-21,23,27,30H,2-4,6-7,11-13,16-18H2,1H3,(H,36,39). The molecule has 204 valence electrons. The van der Waals surface area contributed by atoms with Gasteiger partial charge in [-0.15, -0.1) is 0 Å². The summed E-state index contributed by atoms with van der Waals surface area (Å²) in [6, 6.07) is 11.0. The molecule has 39 heavy (non-hydrogen) atoms. The number of hydrogen-bond acceptors (Lipinski definition) is 3. The minimum absolute atomic E-state index is 0.116. The van der Waals surface area contributed by atoms with E-state index in [4.69, 9.17) is 16.6 Å². The van der Waals surface area contributed by atoms with Crippen molar-refractivity contribution < 1.29 is 4.79 Å². The Kier molecular flexibility index (Phi) is 7.73. The Morgan fingerprint density at radius 1 is 1.05 bits per heavy atom. The second kappa shape index (κ2) is 11.5. The van der Waals surface area contributed by atoms with Crippen LogP contribution in [-0.4, -0.2) is 44.6 Å². The third-order valence-corrected chi connectivity index (χ3v) is 9.20. The molecule has 6 nitrogen and oxygen atoms in total. The molecule has 1 saturated heterocycles. The Balaban J connectivity index is 1.25. The number of imidazole rings is 1. The van der Waals surface area contributed by atoms with E-state index in [2.05, 4.69) is 39.1 Å². The van der Waals surface area contributed by atoms with E-state index >= 15 is 0 Å². The van der Waals surface area contributed by atoms with Crippen LogP contribution in [0.5, 0.6) is 0 Å². The van der Waals surface area contributed by atoms with Crippen LogP contribution in [0.4, 0.5) is 4.79 Å². The number of aryl methyl sites for hydroxylation is 2. The van der Waals surface area contributed by atoms with Crippen molar-refractivity contribution in [2.45, 2.75) is 76.8 Å². The first-order valence-corrected chi connectivity index (χ1v) is 14.9. The summed E-state index contributed by atoms with van der Waals surface area (Å²) in [5.74, 6) is 1.60. The molecule has 0 spiro atoms. The number of fused-ring (bicyclic) bond motifs is 2. The normalized spacial score (nSPS) is 20.1.